The summed E-state index contributed by atoms with van der Waals surface area (Å²) in [5.41, 5.74) is 9.32. The van der Waals surface area contributed by atoms with Gasteiger partial charge in [0.15, 0.2) is 0 Å². The smallest absolute Gasteiger partial charge is 0.255 e. The maximum Gasteiger partial charge on any atom is 0.255 e. The first kappa shape index (κ1) is 19.9. The third kappa shape index (κ3) is 3.77. The zero-order chi connectivity index (χ0) is 20.8. The van der Waals surface area contributed by atoms with E-state index in [0.29, 0.717) is 29.1 Å². The quantitative estimate of drug-likeness (QED) is 0.763. The van der Waals surface area contributed by atoms with Crippen LogP contribution < -0.4 is 5.73 Å². The van der Waals surface area contributed by atoms with Crippen molar-refractivity contribution in [3.05, 3.63) is 69.7 Å². The number of fused-ring (bicyclic) bond motifs is 1. The summed E-state index contributed by atoms with van der Waals surface area (Å²) in [7, 11) is 4.21. The van der Waals surface area contributed by atoms with Gasteiger partial charge in [-0.2, -0.15) is 0 Å². The molecule has 1 atom stereocenters. The van der Waals surface area contributed by atoms with Crippen LogP contribution in [0.3, 0.4) is 0 Å². The van der Waals surface area contributed by atoms with Gasteiger partial charge in [0, 0.05) is 23.5 Å². The topological polar surface area (TPSA) is 66.6 Å². The Balaban J connectivity index is 1.53. The summed E-state index contributed by atoms with van der Waals surface area (Å²) in [6.45, 7) is 1.45. The number of hydrogen-bond donors (Lipinski definition) is 1. The molecule has 4 rings (SSSR count). The highest BCUT2D eigenvalue weighted by molar-refractivity contribution is 6.30. The highest BCUT2D eigenvalue weighted by Crippen LogP contribution is 2.48. The molecular formula is C23H25ClN3O2. The van der Waals surface area contributed by atoms with Crippen LogP contribution in [0.4, 0.5) is 0 Å². The summed E-state index contributed by atoms with van der Waals surface area (Å²) in [5.74, 6) is -0.771. The van der Waals surface area contributed by atoms with E-state index in [1.807, 2.05) is 0 Å². The van der Waals surface area contributed by atoms with E-state index in [1.54, 1.807) is 17.0 Å². The van der Waals surface area contributed by atoms with E-state index in [1.165, 1.54) is 18.4 Å². The first-order valence-corrected chi connectivity index (χ1v) is 10.2. The van der Waals surface area contributed by atoms with Gasteiger partial charge < -0.3 is 15.5 Å². The lowest BCUT2D eigenvalue weighted by Crippen LogP contribution is -2.37. The number of rotatable bonds is 7. The molecule has 5 nitrogen and oxygen atoms in total. The molecule has 2 amide bonds. The molecule has 1 saturated carbocycles. The molecule has 0 bridgehead atoms. The summed E-state index contributed by atoms with van der Waals surface area (Å²) in [6.07, 6.45) is 3.06. The molecule has 2 aromatic rings. The van der Waals surface area contributed by atoms with E-state index in [2.05, 4.69) is 49.3 Å². The van der Waals surface area contributed by atoms with Crippen LogP contribution in [-0.4, -0.2) is 48.8 Å². The number of nitrogens with zero attached hydrogens (tertiary/aromatic N) is 2. The van der Waals surface area contributed by atoms with Gasteiger partial charge in [0.2, 0.25) is 5.91 Å². The molecule has 29 heavy (non-hydrogen) atoms. The van der Waals surface area contributed by atoms with Gasteiger partial charge in [0.05, 0.1) is 5.56 Å². The maximum absolute atomic E-state index is 12.8. The number of likely N-dealkylation sites (N-methyl/N-ethyl adjacent to an activating group) is 1. The Bertz CT molecular complexity index is 968. The second kappa shape index (κ2) is 7.47. The summed E-state index contributed by atoms with van der Waals surface area (Å²) in [5, 5.41) is 0.438. The van der Waals surface area contributed by atoms with Crippen molar-refractivity contribution in [2.24, 2.45) is 5.73 Å². The van der Waals surface area contributed by atoms with Crippen molar-refractivity contribution in [2.75, 3.05) is 27.2 Å². The van der Waals surface area contributed by atoms with Crippen LogP contribution in [0.15, 0.2) is 36.4 Å². The first-order chi connectivity index (χ1) is 13.8. The standard InChI is InChI=1S/C23H25ClN3O2/c1-26(2)14-23(9-10-23)16-5-3-4-15(12-16)8-11-27-20(21(25)28)19-13-17(24)6-7-18(19)22(27)29/h3-6,12-13,20H,8-11,14H2,1-2H3,(H2,25,28). The highest BCUT2D eigenvalue weighted by atomic mass is 35.5. The van der Waals surface area contributed by atoms with Crippen molar-refractivity contribution in [1.29, 1.82) is 0 Å². The largest absolute Gasteiger partial charge is 0.368 e. The third-order valence-electron chi connectivity index (χ3n) is 5.94. The maximum atomic E-state index is 12.8. The van der Waals surface area contributed by atoms with Crippen LogP contribution in [0, 0.1) is 6.07 Å². The van der Waals surface area contributed by atoms with Crippen LogP contribution in [0.1, 0.15) is 45.9 Å². The minimum atomic E-state index is -0.792. The molecular weight excluding hydrogens is 386 g/mol. The zero-order valence-corrected chi connectivity index (χ0v) is 17.5. The second-order valence-corrected chi connectivity index (χ2v) is 8.86. The molecule has 1 aliphatic heterocycles. The van der Waals surface area contributed by atoms with Gasteiger partial charge in [-0.15, -0.1) is 0 Å². The zero-order valence-electron chi connectivity index (χ0n) is 16.7. The number of halogens is 1. The molecule has 1 radical (unpaired) electrons. The molecule has 0 spiro atoms. The molecule has 1 heterocycles. The number of carbonyl (C=O) groups excluding carboxylic acids is 2. The Labute approximate surface area is 176 Å². The van der Waals surface area contributed by atoms with Crippen molar-refractivity contribution in [1.82, 2.24) is 9.80 Å². The number of hydrogen-bond acceptors (Lipinski definition) is 3. The normalized spacial score (nSPS) is 19.5. The molecule has 0 saturated heterocycles. The second-order valence-electron chi connectivity index (χ2n) is 8.42. The molecule has 2 N–H and O–H groups in total. The summed E-state index contributed by atoms with van der Waals surface area (Å²) >= 11 is 6.05. The van der Waals surface area contributed by atoms with Gasteiger partial charge in [0.1, 0.15) is 6.04 Å². The van der Waals surface area contributed by atoms with Crippen LogP contribution in [-0.2, 0) is 16.6 Å². The molecule has 1 aliphatic carbocycles. The fourth-order valence-corrected chi connectivity index (χ4v) is 4.63. The fourth-order valence-electron chi connectivity index (χ4n) is 4.45. The summed E-state index contributed by atoms with van der Waals surface area (Å²) < 4.78 is 0. The Morgan fingerprint density at radius 3 is 2.76 bits per heavy atom. The van der Waals surface area contributed by atoms with E-state index in [9.17, 15) is 9.59 Å². The lowest BCUT2D eigenvalue weighted by atomic mass is 9.93. The number of primary amides is 1. The number of carbonyl (C=O) groups is 2. The highest BCUT2D eigenvalue weighted by Gasteiger charge is 2.44. The van der Waals surface area contributed by atoms with Crippen LogP contribution in [0.25, 0.3) is 0 Å². The number of nitrogens with two attached hydrogens (primary N) is 1. The average Bonchev–Trinajstić information content (AvgIpc) is 3.38. The van der Waals surface area contributed by atoms with Gasteiger partial charge in [-0.25, -0.2) is 0 Å². The molecule has 1 fully saturated rings. The summed E-state index contributed by atoms with van der Waals surface area (Å²) in [6, 6.07) is 13.9. The average molecular weight is 411 g/mol. The Morgan fingerprint density at radius 2 is 2.10 bits per heavy atom. The van der Waals surface area contributed by atoms with Gasteiger partial charge in [-0.05, 0) is 68.2 Å². The molecule has 2 aromatic carbocycles. The predicted octanol–water partition coefficient (Wildman–Crippen LogP) is 2.96. The number of amides is 2. The molecule has 2 aliphatic rings. The minimum absolute atomic E-state index is 0.220. The minimum Gasteiger partial charge on any atom is -0.368 e. The van der Waals surface area contributed by atoms with E-state index in [0.717, 1.165) is 12.1 Å². The van der Waals surface area contributed by atoms with Crippen molar-refractivity contribution in [3.8, 4) is 0 Å². The van der Waals surface area contributed by atoms with Crippen molar-refractivity contribution in [3.63, 3.8) is 0 Å². The Morgan fingerprint density at radius 1 is 1.34 bits per heavy atom. The van der Waals surface area contributed by atoms with E-state index in [-0.39, 0.29) is 11.3 Å². The van der Waals surface area contributed by atoms with Crippen LogP contribution in [0.5, 0.6) is 0 Å². The Kier molecular flexibility index (Phi) is 5.13. The van der Waals surface area contributed by atoms with Gasteiger partial charge in [-0.3, -0.25) is 9.59 Å². The van der Waals surface area contributed by atoms with Crippen LogP contribution in [0.2, 0.25) is 5.02 Å². The summed E-state index contributed by atoms with van der Waals surface area (Å²) in [4.78, 5) is 28.7. The van der Waals surface area contributed by atoms with Crippen molar-refractivity contribution < 1.29 is 9.59 Å². The Hall–Kier alpha value is -2.37. The number of benzene rings is 2. The molecule has 1 unspecified atom stereocenters. The van der Waals surface area contributed by atoms with E-state index >= 15 is 0 Å². The molecule has 6 heteroatoms. The van der Waals surface area contributed by atoms with Gasteiger partial charge in [0.25, 0.3) is 5.91 Å². The van der Waals surface area contributed by atoms with Crippen molar-refractivity contribution >= 4 is 23.4 Å². The monoisotopic (exact) mass is 410 g/mol. The first-order valence-electron chi connectivity index (χ1n) is 9.86. The van der Waals surface area contributed by atoms with E-state index in [4.69, 9.17) is 17.3 Å². The predicted molar refractivity (Wildman–Crippen MR) is 113 cm³/mol. The van der Waals surface area contributed by atoms with E-state index < -0.39 is 11.9 Å². The lowest BCUT2D eigenvalue weighted by Gasteiger charge is -2.24. The van der Waals surface area contributed by atoms with Gasteiger partial charge >= 0.3 is 0 Å². The third-order valence-corrected chi connectivity index (χ3v) is 6.16. The fraction of sp³-hybridized carbons (Fsp3) is 0.391. The molecule has 0 aromatic heterocycles. The van der Waals surface area contributed by atoms with Gasteiger partial charge in [-0.1, -0.05) is 35.9 Å². The van der Waals surface area contributed by atoms with Crippen molar-refractivity contribution in [2.45, 2.75) is 30.7 Å². The van der Waals surface area contributed by atoms with Crippen LogP contribution >= 0.6 is 11.6 Å². The molecule has 151 valence electrons. The lowest BCUT2D eigenvalue weighted by molar-refractivity contribution is -0.122. The SMILES string of the molecule is CN(C)CC1(c2cccc(CCN3C(=O)c4[c]cc(Cl)cc4C3C(N)=O)c2)CC1.